The van der Waals surface area contributed by atoms with Crippen LogP contribution in [0.5, 0.6) is 0 Å². The fourth-order valence-corrected chi connectivity index (χ4v) is 2.70. The van der Waals surface area contributed by atoms with Gasteiger partial charge < -0.3 is 15.2 Å². The van der Waals surface area contributed by atoms with Crippen LogP contribution in [0.3, 0.4) is 0 Å². The van der Waals surface area contributed by atoms with Crippen molar-refractivity contribution in [1.82, 2.24) is 5.32 Å². The van der Waals surface area contributed by atoms with Crippen LogP contribution in [0.25, 0.3) is 0 Å². The Morgan fingerprint density at radius 3 is 2.32 bits per heavy atom. The molecule has 0 spiro atoms. The molecule has 1 aliphatic rings. The lowest BCUT2D eigenvalue weighted by atomic mass is 9.81. The minimum absolute atomic E-state index is 0.0965. The highest BCUT2D eigenvalue weighted by molar-refractivity contribution is 5.67. The molecule has 2 N–H and O–H groups in total. The number of aliphatic hydroxyl groups is 1. The topological polar surface area (TPSA) is 58.6 Å². The summed E-state index contributed by atoms with van der Waals surface area (Å²) in [5.41, 5.74) is -0.725. The summed E-state index contributed by atoms with van der Waals surface area (Å²) < 4.78 is 5.22. The summed E-state index contributed by atoms with van der Waals surface area (Å²) in [4.78, 5) is 11.6. The first-order valence-electron chi connectivity index (χ1n) is 7.32. The van der Waals surface area contributed by atoms with E-state index < -0.39 is 11.7 Å². The summed E-state index contributed by atoms with van der Waals surface area (Å²) in [7, 11) is 0. The maximum Gasteiger partial charge on any atom is 0.407 e. The SMILES string of the molecule is CC(CO)(CNC(=O)OC(C)(C)C)CC1CCCC1. The number of hydrogen-bond acceptors (Lipinski definition) is 3. The molecule has 1 amide bonds. The Hall–Kier alpha value is -0.770. The van der Waals surface area contributed by atoms with Gasteiger partial charge in [-0.2, -0.15) is 0 Å². The molecule has 0 radical (unpaired) electrons. The van der Waals surface area contributed by atoms with Crippen LogP contribution in [0, 0.1) is 11.3 Å². The highest BCUT2D eigenvalue weighted by Gasteiger charge is 2.30. The molecule has 0 aromatic rings. The lowest BCUT2D eigenvalue weighted by Gasteiger charge is -2.31. The monoisotopic (exact) mass is 271 g/mol. The predicted molar refractivity (Wildman–Crippen MR) is 76.0 cm³/mol. The largest absolute Gasteiger partial charge is 0.444 e. The van der Waals surface area contributed by atoms with Crippen molar-refractivity contribution in [3.05, 3.63) is 0 Å². The van der Waals surface area contributed by atoms with Crippen LogP contribution < -0.4 is 5.32 Å². The quantitative estimate of drug-likeness (QED) is 0.808. The third-order valence-corrected chi connectivity index (χ3v) is 3.70. The van der Waals surface area contributed by atoms with Crippen molar-refractivity contribution < 1.29 is 14.6 Å². The molecular formula is C15H29NO3. The Morgan fingerprint density at radius 1 is 1.26 bits per heavy atom. The molecule has 1 rings (SSSR count). The molecule has 1 atom stereocenters. The fourth-order valence-electron chi connectivity index (χ4n) is 2.70. The number of carbonyl (C=O) groups excluding carboxylic acids is 1. The normalized spacial score (nSPS) is 20.1. The van der Waals surface area contributed by atoms with Gasteiger partial charge in [0.25, 0.3) is 0 Å². The number of carbonyl (C=O) groups is 1. The van der Waals surface area contributed by atoms with Gasteiger partial charge in [-0.05, 0) is 33.1 Å². The Bertz CT molecular complexity index is 292. The summed E-state index contributed by atoms with van der Waals surface area (Å²) in [5.74, 6) is 0.692. The number of rotatable bonds is 5. The van der Waals surface area contributed by atoms with Crippen molar-refractivity contribution in [2.45, 2.75) is 65.4 Å². The molecule has 1 aliphatic carbocycles. The standard InChI is InChI=1S/C15H29NO3/c1-14(2,3)19-13(18)16-10-15(4,11-17)9-12-7-5-6-8-12/h12,17H,5-11H2,1-4H3,(H,16,18). The smallest absolute Gasteiger partial charge is 0.407 e. The van der Waals surface area contributed by atoms with Gasteiger partial charge in [0, 0.05) is 12.0 Å². The second-order valence-corrected chi connectivity index (χ2v) is 7.18. The van der Waals surface area contributed by atoms with Gasteiger partial charge in [0.15, 0.2) is 0 Å². The van der Waals surface area contributed by atoms with Crippen LogP contribution in [0.4, 0.5) is 4.79 Å². The summed E-state index contributed by atoms with van der Waals surface area (Å²) in [6, 6.07) is 0. The molecule has 0 aliphatic heterocycles. The van der Waals surface area contributed by atoms with E-state index in [4.69, 9.17) is 4.74 Å². The maximum atomic E-state index is 11.6. The minimum Gasteiger partial charge on any atom is -0.444 e. The van der Waals surface area contributed by atoms with Gasteiger partial charge in [-0.15, -0.1) is 0 Å². The predicted octanol–water partition coefficient (Wildman–Crippen LogP) is 3.09. The van der Waals surface area contributed by atoms with Gasteiger partial charge >= 0.3 is 6.09 Å². The van der Waals surface area contributed by atoms with Crippen LogP contribution in [0.2, 0.25) is 0 Å². The highest BCUT2D eigenvalue weighted by Crippen LogP contribution is 2.35. The Balaban J connectivity index is 2.39. The van der Waals surface area contributed by atoms with E-state index in [9.17, 15) is 9.90 Å². The van der Waals surface area contributed by atoms with Crippen LogP contribution in [0.1, 0.15) is 59.8 Å². The lowest BCUT2D eigenvalue weighted by Crippen LogP contribution is -2.41. The number of amides is 1. The van der Waals surface area contributed by atoms with Gasteiger partial charge in [0.1, 0.15) is 5.60 Å². The van der Waals surface area contributed by atoms with Crippen molar-refractivity contribution in [2.75, 3.05) is 13.2 Å². The average Bonchev–Trinajstić information content (AvgIpc) is 2.77. The molecule has 4 heteroatoms. The van der Waals surface area contributed by atoms with E-state index in [1.165, 1.54) is 25.7 Å². The molecule has 1 saturated carbocycles. The molecule has 19 heavy (non-hydrogen) atoms. The van der Waals surface area contributed by atoms with E-state index in [1.807, 2.05) is 27.7 Å². The molecule has 0 saturated heterocycles. The Kier molecular flexibility index (Phi) is 5.65. The summed E-state index contributed by atoms with van der Waals surface area (Å²) >= 11 is 0. The first-order chi connectivity index (χ1) is 8.74. The van der Waals surface area contributed by atoms with Gasteiger partial charge in [-0.25, -0.2) is 4.79 Å². The van der Waals surface area contributed by atoms with Crippen LogP contribution >= 0.6 is 0 Å². The third kappa shape index (κ3) is 6.28. The lowest BCUT2D eigenvalue weighted by molar-refractivity contribution is 0.0458. The highest BCUT2D eigenvalue weighted by atomic mass is 16.6. The van der Waals surface area contributed by atoms with E-state index in [2.05, 4.69) is 5.32 Å². The average molecular weight is 271 g/mol. The molecule has 0 aromatic heterocycles. The minimum atomic E-state index is -0.481. The molecular weight excluding hydrogens is 242 g/mol. The van der Waals surface area contributed by atoms with Crippen molar-refractivity contribution in [3.8, 4) is 0 Å². The van der Waals surface area contributed by atoms with Crippen LogP contribution in [0.15, 0.2) is 0 Å². The molecule has 0 bridgehead atoms. The van der Waals surface area contributed by atoms with E-state index in [1.54, 1.807) is 0 Å². The Labute approximate surface area is 116 Å². The summed E-state index contributed by atoms with van der Waals surface area (Å²) in [5, 5.41) is 12.4. The van der Waals surface area contributed by atoms with Gasteiger partial charge in [-0.1, -0.05) is 32.6 Å². The Morgan fingerprint density at radius 2 is 1.84 bits per heavy atom. The van der Waals surface area contributed by atoms with E-state index in [0.717, 1.165) is 6.42 Å². The fraction of sp³-hybridized carbons (Fsp3) is 0.933. The zero-order valence-corrected chi connectivity index (χ0v) is 12.8. The molecule has 1 unspecified atom stereocenters. The molecule has 0 aromatic carbocycles. The molecule has 1 fully saturated rings. The number of hydrogen-bond donors (Lipinski definition) is 2. The number of alkyl carbamates (subject to hydrolysis) is 1. The number of ether oxygens (including phenoxy) is 1. The zero-order chi connectivity index (χ0) is 14.5. The van der Waals surface area contributed by atoms with E-state index in [-0.39, 0.29) is 12.0 Å². The number of aliphatic hydroxyl groups excluding tert-OH is 1. The zero-order valence-electron chi connectivity index (χ0n) is 12.8. The molecule has 112 valence electrons. The first kappa shape index (κ1) is 16.3. The van der Waals surface area contributed by atoms with Gasteiger partial charge in [0.05, 0.1) is 6.61 Å². The van der Waals surface area contributed by atoms with Crippen molar-refractivity contribution >= 4 is 6.09 Å². The summed E-state index contributed by atoms with van der Waals surface area (Å²) in [6.45, 7) is 8.12. The van der Waals surface area contributed by atoms with E-state index in [0.29, 0.717) is 12.5 Å². The second-order valence-electron chi connectivity index (χ2n) is 7.18. The van der Waals surface area contributed by atoms with Crippen molar-refractivity contribution in [3.63, 3.8) is 0 Å². The van der Waals surface area contributed by atoms with Crippen LogP contribution in [-0.2, 0) is 4.74 Å². The third-order valence-electron chi connectivity index (χ3n) is 3.70. The second kappa shape index (κ2) is 6.60. The molecule has 4 nitrogen and oxygen atoms in total. The van der Waals surface area contributed by atoms with Crippen LogP contribution in [-0.4, -0.2) is 30.0 Å². The first-order valence-corrected chi connectivity index (χ1v) is 7.32. The van der Waals surface area contributed by atoms with Crippen molar-refractivity contribution in [1.29, 1.82) is 0 Å². The van der Waals surface area contributed by atoms with Crippen molar-refractivity contribution in [2.24, 2.45) is 11.3 Å². The maximum absolute atomic E-state index is 11.6. The van der Waals surface area contributed by atoms with Gasteiger partial charge in [-0.3, -0.25) is 0 Å². The van der Waals surface area contributed by atoms with Gasteiger partial charge in [0.2, 0.25) is 0 Å². The molecule has 0 heterocycles. The summed E-state index contributed by atoms with van der Waals surface area (Å²) in [6.07, 6.45) is 5.67. The number of nitrogens with one attached hydrogen (secondary N) is 1. The van der Waals surface area contributed by atoms with E-state index >= 15 is 0 Å².